The van der Waals surface area contributed by atoms with Crippen LogP contribution in [0.4, 0.5) is 0 Å². The second-order valence-corrected chi connectivity index (χ2v) is 20.3. The molecule has 0 bridgehead atoms. The third kappa shape index (κ3) is 25.6. The molecule has 0 aromatic heterocycles. The molecule has 3 aromatic carbocycles. The van der Waals surface area contributed by atoms with Crippen molar-refractivity contribution in [2.24, 2.45) is 0 Å². The van der Waals surface area contributed by atoms with Gasteiger partial charge in [0.25, 0.3) is 0 Å². The van der Waals surface area contributed by atoms with Gasteiger partial charge in [0.1, 0.15) is 24.9 Å². The first-order valence-corrected chi connectivity index (χ1v) is 28.9. The molecule has 1 saturated heterocycles. The van der Waals surface area contributed by atoms with Crippen molar-refractivity contribution in [1.82, 2.24) is 5.32 Å². The minimum Gasteiger partial charge on any atom is -0.459 e. The summed E-state index contributed by atoms with van der Waals surface area (Å²) in [5.41, 5.74) is 0.751. The Morgan fingerprint density at radius 3 is 1.50 bits per heavy atom. The average molecular weight is 1050 g/mol. The van der Waals surface area contributed by atoms with Crippen LogP contribution in [-0.4, -0.2) is 91.0 Å². The van der Waals surface area contributed by atoms with Gasteiger partial charge in [0.05, 0.1) is 29.3 Å². The van der Waals surface area contributed by atoms with Gasteiger partial charge in [-0.2, -0.15) is 0 Å². The Bertz CT molecular complexity index is 2060. The van der Waals surface area contributed by atoms with E-state index in [1.165, 1.54) is 109 Å². The Balaban J connectivity index is 1.54. The number of rotatable bonds is 40. The minimum absolute atomic E-state index is 0.172. The van der Waals surface area contributed by atoms with Crippen molar-refractivity contribution in [2.75, 3.05) is 13.2 Å². The largest absolute Gasteiger partial charge is 0.459 e. The Morgan fingerprint density at radius 2 is 1.01 bits per heavy atom. The van der Waals surface area contributed by atoms with Gasteiger partial charge in [0, 0.05) is 13.3 Å². The highest BCUT2D eigenvalue weighted by atomic mass is 16.7. The number of nitrogens with one attached hydrogen (secondary N) is 1. The SMILES string of the molecule is CCCCCCCCCCCCC/C=C/[C@@H](OC(=O)c1ccccc1)[C@H](CO[C@@H]1O[C@H](COC(=O)c2ccccc2)[C@H](OC(C)=O)[C@H](O)[C@H]1OC(=O)c1ccccc1)NC(=O)CCCCCCCCCCCCCCC. The number of allylic oxidation sites excluding steroid dienone is 1. The van der Waals surface area contributed by atoms with Gasteiger partial charge >= 0.3 is 23.9 Å². The zero-order valence-corrected chi connectivity index (χ0v) is 46.1. The molecule has 1 aliphatic heterocycles. The number of hydrogen-bond donors (Lipinski definition) is 2. The standard InChI is InChI=1S/C63H91NO12/c1-4-6-8-10-12-14-16-18-20-22-24-26-37-45-54(74-61(69)51-41-33-29-34-42-51)53(64-56(66)46-38-27-25-23-21-19-17-15-13-11-9-7-5-2)47-72-63-59(76-62(70)52-43-35-30-36-44-52)57(67)58(73-49(3)65)55(75-63)48-71-60(68)50-39-31-28-32-40-50/h28-37,39-45,53-55,57-59,63,67H,4-27,38,46-48H2,1-3H3,(H,64,66)/b45-37+/t53-,54+,55+,57-,58-,59+,63+/m0/s1. The third-order valence-electron chi connectivity index (χ3n) is 13.8. The summed E-state index contributed by atoms with van der Waals surface area (Å²) in [6, 6.07) is 24.0. The highest BCUT2D eigenvalue weighted by Crippen LogP contribution is 2.29. The molecule has 1 aliphatic rings. The van der Waals surface area contributed by atoms with E-state index in [0.717, 1.165) is 45.4 Å². The molecule has 2 N–H and O–H groups in total. The molecule has 3 aromatic rings. The molecule has 0 radical (unpaired) electrons. The molecule has 13 nitrogen and oxygen atoms in total. The van der Waals surface area contributed by atoms with Crippen LogP contribution in [0.3, 0.4) is 0 Å². The number of amides is 1. The van der Waals surface area contributed by atoms with Gasteiger partial charge in [-0.1, -0.05) is 216 Å². The van der Waals surface area contributed by atoms with E-state index in [1.54, 1.807) is 97.1 Å². The maximum atomic E-state index is 14.0. The van der Waals surface area contributed by atoms with Gasteiger partial charge in [0.15, 0.2) is 18.5 Å². The second-order valence-electron chi connectivity index (χ2n) is 20.3. The predicted octanol–water partition coefficient (Wildman–Crippen LogP) is 13.6. The molecule has 1 heterocycles. The first-order valence-electron chi connectivity index (χ1n) is 28.9. The first-order chi connectivity index (χ1) is 37.1. The van der Waals surface area contributed by atoms with Crippen LogP contribution in [0, 0.1) is 0 Å². The van der Waals surface area contributed by atoms with Gasteiger partial charge in [-0.25, -0.2) is 14.4 Å². The van der Waals surface area contributed by atoms with E-state index in [0.29, 0.717) is 18.4 Å². The van der Waals surface area contributed by atoms with Gasteiger partial charge in [0.2, 0.25) is 5.91 Å². The van der Waals surface area contributed by atoms with Crippen LogP contribution < -0.4 is 5.32 Å². The van der Waals surface area contributed by atoms with Crippen molar-refractivity contribution >= 4 is 29.8 Å². The van der Waals surface area contributed by atoms with E-state index in [4.69, 9.17) is 28.4 Å². The van der Waals surface area contributed by atoms with Crippen molar-refractivity contribution in [3.8, 4) is 0 Å². The number of carbonyl (C=O) groups excluding carboxylic acids is 5. The number of hydrogen-bond acceptors (Lipinski definition) is 12. The van der Waals surface area contributed by atoms with Gasteiger partial charge in [-0.05, 0) is 61.7 Å². The van der Waals surface area contributed by atoms with Crippen LogP contribution in [0.1, 0.15) is 219 Å². The van der Waals surface area contributed by atoms with E-state index in [9.17, 15) is 29.1 Å². The number of benzene rings is 3. The Hall–Kier alpha value is -5.37. The maximum absolute atomic E-state index is 14.0. The fourth-order valence-corrected chi connectivity index (χ4v) is 9.38. The summed E-state index contributed by atoms with van der Waals surface area (Å²) in [4.78, 5) is 67.1. The minimum atomic E-state index is -1.74. The highest BCUT2D eigenvalue weighted by molar-refractivity contribution is 5.90. The molecule has 4 rings (SSSR count). The van der Waals surface area contributed by atoms with Crippen LogP contribution >= 0.6 is 0 Å². The molecule has 76 heavy (non-hydrogen) atoms. The number of esters is 4. The Labute approximate surface area is 454 Å². The quantitative estimate of drug-likeness (QED) is 0.0239. The zero-order valence-electron chi connectivity index (χ0n) is 46.1. The molecule has 1 amide bonds. The number of ether oxygens (including phenoxy) is 6. The molecule has 0 spiro atoms. The van der Waals surface area contributed by atoms with Crippen LogP contribution in [-0.2, 0) is 38.0 Å². The van der Waals surface area contributed by atoms with Crippen molar-refractivity contribution < 1.29 is 57.5 Å². The van der Waals surface area contributed by atoms with Crippen molar-refractivity contribution in [3.05, 3.63) is 120 Å². The number of aliphatic hydroxyl groups excluding tert-OH is 1. The predicted molar refractivity (Wildman–Crippen MR) is 297 cm³/mol. The zero-order chi connectivity index (χ0) is 54.4. The summed E-state index contributed by atoms with van der Waals surface area (Å²) in [7, 11) is 0. The van der Waals surface area contributed by atoms with Crippen LogP contribution in [0.25, 0.3) is 0 Å². The summed E-state index contributed by atoms with van der Waals surface area (Å²) < 4.78 is 36.2. The lowest BCUT2D eigenvalue weighted by molar-refractivity contribution is -0.303. The van der Waals surface area contributed by atoms with Crippen LogP contribution in [0.2, 0.25) is 0 Å². The van der Waals surface area contributed by atoms with Crippen LogP contribution in [0.5, 0.6) is 0 Å². The number of aliphatic hydroxyl groups is 1. The fourth-order valence-electron chi connectivity index (χ4n) is 9.38. The summed E-state index contributed by atoms with van der Waals surface area (Å²) in [6.45, 7) is 4.79. The highest BCUT2D eigenvalue weighted by Gasteiger charge is 2.51. The second kappa shape index (κ2) is 39.1. The van der Waals surface area contributed by atoms with Crippen molar-refractivity contribution in [2.45, 2.75) is 231 Å². The summed E-state index contributed by atoms with van der Waals surface area (Å²) in [5.74, 6) is -3.16. The average Bonchev–Trinajstić information content (AvgIpc) is 3.43. The van der Waals surface area contributed by atoms with E-state index < -0.39 is 73.3 Å². The van der Waals surface area contributed by atoms with Gasteiger partial charge in [-0.3, -0.25) is 9.59 Å². The van der Waals surface area contributed by atoms with Crippen LogP contribution in [0.15, 0.2) is 103 Å². The molecule has 0 unspecified atom stereocenters. The molecule has 7 atom stereocenters. The van der Waals surface area contributed by atoms with Gasteiger partial charge in [-0.15, -0.1) is 0 Å². The topological polar surface area (TPSA) is 173 Å². The number of carbonyl (C=O) groups is 5. The van der Waals surface area contributed by atoms with E-state index in [-0.39, 0.29) is 30.1 Å². The molecular weight excluding hydrogens is 963 g/mol. The molecule has 0 saturated carbocycles. The summed E-state index contributed by atoms with van der Waals surface area (Å²) in [6.07, 6.45) is 24.4. The first kappa shape index (κ1) is 63.2. The molecule has 13 heteroatoms. The number of unbranched alkanes of at least 4 members (excludes halogenated alkanes) is 23. The molecular formula is C63H91NO12. The smallest absolute Gasteiger partial charge is 0.338 e. The lowest BCUT2D eigenvalue weighted by Crippen LogP contribution is -2.62. The molecule has 1 fully saturated rings. The summed E-state index contributed by atoms with van der Waals surface area (Å²) >= 11 is 0. The van der Waals surface area contributed by atoms with E-state index in [2.05, 4.69) is 19.2 Å². The molecule has 0 aliphatic carbocycles. The maximum Gasteiger partial charge on any atom is 0.338 e. The Kier molecular flexibility index (Phi) is 32.5. The van der Waals surface area contributed by atoms with Gasteiger partial charge < -0.3 is 38.8 Å². The van der Waals surface area contributed by atoms with E-state index in [1.807, 2.05) is 6.08 Å². The third-order valence-corrected chi connectivity index (χ3v) is 13.8. The van der Waals surface area contributed by atoms with Crippen molar-refractivity contribution in [3.63, 3.8) is 0 Å². The van der Waals surface area contributed by atoms with Crippen molar-refractivity contribution in [1.29, 1.82) is 0 Å². The molecule has 420 valence electrons. The Morgan fingerprint density at radius 1 is 0.566 bits per heavy atom. The lowest BCUT2D eigenvalue weighted by atomic mass is 9.98. The fraction of sp³-hybridized carbons (Fsp3) is 0.603. The summed E-state index contributed by atoms with van der Waals surface area (Å²) in [5, 5.41) is 15.1. The monoisotopic (exact) mass is 1050 g/mol. The lowest BCUT2D eigenvalue weighted by Gasteiger charge is -2.43. The van der Waals surface area contributed by atoms with E-state index >= 15 is 0 Å². The normalized spacial score (nSPS) is 18.1.